The minimum atomic E-state index is -1.17. The van der Waals surface area contributed by atoms with Gasteiger partial charge in [0, 0.05) is 0 Å². The van der Waals surface area contributed by atoms with Crippen molar-refractivity contribution >= 4 is 0 Å². The summed E-state index contributed by atoms with van der Waals surface area (Å²) >= 11 is 0. The molecule has 0 radical (unpaired) electrons. The number of hydrogen-bond acceptors (Lipinski definition) is 5. The minimum Gasteiger partial charge on any atom is -0.387 e. The summed E-state index contributed by atoms with van der Waals surface area (Å²) in [5.41, 5.74) is 1.01. The summed E-state index contributed by atoms with van der Waals surface area (Å²) in [6, 6.07) is 9.67. The van der Waals surface area contributed by atoms with Crippen molar-refractivity contribution in [2.75, 3.05) is 6.61 Å². The summed E-state index contributed by atoms with van der Waals surface area (Å²) in [6.45, 7) is 5.89. The maximum absolute atomic E-state index is 10.3. The maximum atomic E-state index is 10.3. The highest BCUT2D eigenvalue weighted by Gasteiger charge is 2.44. The van der Waals surface area contributed by atoms with Gasteiger partial charge in [-0.25, -0.2) is 0 Å². The molecule has 116 valence electrons. The Hall–Kier alpha value is -1.24. The molecule has 5 heteroatoms. The van der Waals surface area contributed by atoms with Crippen LogP contribution in [0.3, 0.4) is 0 Å². The highest BCUT2D eigenvalue weighted by Crippen LogP contribution is 2.25. The fraction of sp³-hybridized carbons (Fsp3) is 0.500. The lowest BCUT2D eigenvalue weighted by atomic mass is 9.99. The van der Waals surface area contributed by atoms with Gasteiger partial charge in [-0.2, -0.15) is 0 Å². The van der Waals surface area contributed by atoms with Crippen LogP contribution in [0.2, 0.25) is 0 Å². The molecule has 1 aromatic carbocycles. The summed E-state index contributed by atoms with van der Waals surface area (Å²) in [6.07, 6.45) is -2.43. The Labute approximate surface area is 124 Å². The molecule has 0 aromatic heterocycles. The number of benzene rings is 1. The normalized spacial score (nSPS) is 32.8. The van der Waals surface area contributed by atoms with Crippen LogP contribution in [0.1, 0.15) is 12.5 Å². The summed E-state index contributed by atoms with van der Waals surface area (Å²) in [7, 11) is 0. The highest BCUT2D eigenvalue weighted by molar-refractivity contribution is 5.13. The van der Waals surface area contributed by atoms with Crippen molar-refractivity contribution in [2.24, 2.45) is 0 Å². The zero-order valence-electron chi connectivity index (χ0n) is 12.1. The van der Waals surface area contributed by atoms with Gasteiger partial charge in [-0.3, -0.25) is 0 Å². The molecular weight excluding hydrogens is 272 g/mol. The Bertz CT molecular complexity index is 436. The SMILES string of the molecule is C=CCOC1C(O)OC(C)C(OCc2ccccc2)C1O. The Morgan fingerprint density at radius 3 is 2.57 bits per heavy atom. The third kappa shape index (κ3) is 4.12. The number of aliphatic hydroxyl groups excluding tert-OH is 2. The number of rotatable bonds is 6. The van der Waals surface area contributed by atoms with Gasteiger partial charge in [0.2, 0.25) is 0 Å². The van der Waals surface area contributed by atoms with Crippen molar-refractivity contribution in [1.82, 2.24) is 0 Å². The zero-order chi connectivity index (χ0) is 15.2. The third-order valence-corrected chi connectivity index (χ3v) is 3.46. The van der Waals surface area contributed by atoms with E-state index < -0.39 is 30.7 Å². The molecule has 0 amide bonds. The van der Waals surface area contributed by atoms with Crippen LogP contribution in [0.15, 0.2) is 43.0 Å². The van der Waals surface area contributed by atoms with Gasteiger partial charge in [-0.05, 0) is 12.5 Å². The molecule has 5 atom stereocenters. The van der Waals surface area contributed by atoms with E-state index in [1.165, 1.54) is 0 Å². The molecule has 0 aliphatic carbocycles. The van der Waals surface area contributed by atoms with Gasteiger partial charge in [0.25, 0.3) is 0 Å². The minimum absolute atomic E-state index is 0.224. The van der Waals surface area contributed by atoms with Crippen molar-refractivity contribution in [3.8, 4) is 0 Å². The molecule has 1 aliphatic rings. The van der Waals surface area contributed by atoms with Crippen molar-refractivity contribution in [2.45, 2.75) is 44.2 Å². The van der Waals surface area contributed by atoms with Crippen LogP contribution in [-0.4, -0.2) is 47.5 Å². The van der Waals surface area contributed by atoms with E-state index in [2.05, 4.69) is 6.58 Å². The van der Waals surface area contributed by atoms with Gasteiger partial charge in [-0.15, -0.1) is 6.58 Å². The van der Waals surface area contributed by atoms with E-state index in [1.807, 2.05) is 30.3 Å². The first-order valence-corrected chi connectivity index (χ1v) is 7.03. The highest BCUT2D eigenvalue weighted by atomic mass is 16.7. The summed E-state index contributed by atoms with van der Waals surface area (Å²) in [4.78, 5) is 0. The Morgan fingerprint density at radius 1 is 1.19 bits per heavy atom. The summed E-state index contributed by atoms with van der Waals surface area (Å²) in [5, 5.41) is 20.2. The van der Waals surface area contributed by atoms with Crippen LogP contribution < -0.4 is 0 Å². The first kappa shape index (κ1) is 16.1. The Balaban J connectivity index is 1.97. The second-order valence-corrected chi connectivity index (χ2v) is 5.07. The van der Waals surface area contributed by atoms with Crippen molar-refractivity contribution in [3.63, 3.8) is 0 Å². The fourth-order valence-corrected chi connectivity index (χ4v) is 2.37. The molecule has 21 heavy (non-hydrogen) atoms. The average Bonchev–Trinajstić information content (AvgIpc) is 2.47. The standard InChI is InChI=1S/C16H22O5/c1-3-9-19-15-13(17)14(11(2)21-16(15)18)20-10-12-7-5-4-6-8-12/h3-8,11,13-18H,1,9-10H2,2H3. The van der Waals surface area contributed by atoms with Gasteiger partial charge >= 0.3 is 0 Å². The molecule has 1 heterocycles. The molecule has 5 nitrogen and oxygen atoms in total. The topological polar surface area (TPSA) is 68.2 Å². The van der Waals surface area contributed by atoms with E-state index >= 15 is 0 Å². The predicted molar refractivity (Wildman–Crippen MR) is 77.5 cm³/mol. The number of hydrogen-bond donors (Lipinski definition) is 2. The monoisotopic (exact) mass is 294 g/mol. The summed E-state index contributed by atoms with van der Waals surface area (Å²) in [5.74, 6) is 0. The average molecular weight is 294 g/mol. The summed E-state index contributed by atoms with van der Waals surface area (Å²) < 4.78 is 16.5. The van der Waals surface area contributed by atoms with E-state index in [0.29, 0.717) is 6.61 Å². The molecule has 0 spiro atoms. The van der Waals surface area contributed by atoms with E-state index in [-0.39, 0.29) is 6.61 Å². The van der Waals surface area contributed by atoms with Crippen molar-refractivity contribution in [3.05, 3.63) is 48.6 Å². The van der Waals surface area contributed by atoms with Crippen molar-refractivity contribution in [1.29, 1.82) is 0 Å². The Kier molecular flexibility index (Phi) is 5.90. The van der Waals surface area contributed by atoms with E-state index in [1.54, 1.807) is 13.0 Å². The van der Waals surface area contributed by atoms with E-state index in [4.69, 9.17) is 14.2 Å². The van der Waals surface area contributed by atoms with Crippen LogP contribution in [0.25, 0.3) is 0 Å². The maximum Gasteiger partial charge on any atom is 0.184 e. The third-order valence-electron chi connectivity index (χ3n) is 3.46. The lowest BCUT2D eigenvalue weighted by molar-refractivity contribution is -0.295. The smallest absolute Gasteiger partial charge is 0.184 e. The molecule has 2 N–H and O–H groups in total. The van der Waals surface area contributed by atoms with Gasteiger partial charge in [0.1, 0.15) is 18.3 Å². The van der Waals surface area contributed by atoms with Gasteiger partial charge in [0.05, 0.1) is 19.3 Å². The molecule has 1 aliphatic heterocycles. The van der Waals surface area contributed by atoms with Crippen LogP contribution >= 0.6 is 0 Å². The second-order valence-electron chi connectivity index (χ2n) is 5.07. The second kappa shape index (κ2) is 7.68. The molecule has 1 saturated heterocycles. The Morgan fingerprint density at radius 2 is 1.90 bits per heavy atom. The van der Waals surface area contributed by atoms with Crippen LogP contribution in [0, 0.1) is 0 Å². The lowest BCUT2D eigenvalue weighted by Crippen LogP contribution is -2.58. The van der Waals surface area contributed by atoms with E-state index in [9.17, 15) is 10.2 Å². The molecule has 0 saturated carbocycles. The largest absolute Gasteiger partial charge is 0.387 e. The number of aliphatic hydroxyl groups is 2. The fourth-order valence-electron chi connectivity index (χ4n) is 2.37. The molecule has 1 aromatic rings. The molecule has 1 fully saturated rings. The van der Waals surface area contributed by atoms with Crippen LogP contribution in [-0.2, 0) is 20.8 Å². The first-order chi connectivity index (χ1) is 10.1. The number of ether oxygens (including phenoxy) is 3. The zero-order valence-corrected chi connectivity index (χ0v) is 12.1. The van der Waals surface area contributed by atoms with Crippen LogP contribution in [0.4, 0.5) is 0 Å². The molecule has 5 unspecified atom stereocenters. The van der Waals surface area contributed by atoms with Crippen LogP contribution in [0.5, 0.6) is 0 Å². The van der Waals surface area contributed by atoms with Gasteiger partial charge in [-0.1, -0.05) is 36.4 Å². The van der Waals surface area contributed by atoms with Gasteiger partial charge < -0.3 is 24.4 Å². The van der Waals surface area contributed by atoms with Crippen molar-refractivity contribution < 1.29 is 24.4 Å². The molecule has 2 rings (SSSR count). The van der Waals surface area contributed by atoms with Gasteiger partial charge in [0.15, 0.2) is 6.29 Å². The quantitative estimate of drug-likeness (QED) is 0.773. The predicted octanol–water partition coefficient (Wildman–Crippen LogP) is 1.24. The lowest BCUT2D eigenvalue weighted by Gasteiger charge is -2.41. The molecular formula is C16H22O5. The van der Waals surface area contributed by atoms with E-state index in [0.717, 1.165) is 5.56 Å². The molecule has 0 bridgehead atoms. The first-order valence-electron chi connectivity index (χ1n) is 7.03.